The summed E-state index contributed by atoms with van der Waals surface area (Å²) in [5, 5.41) is 13.9. The molecule has 28 heavy (non-hydrogen) atoms. The van der Waals surface area contributed by atoms with Crippen molar-refractivity contribution in [1.29, 1.82) is 0 Å². The Labute approximate surface area is 174 Å². The van der Waals surface area contributed by atoms with Gasteiger partial charge in [-0.2, -0.15) is 0 Å². The summed E-state index contributed by atoms with van der Waals surface area (Å²) in [6, 6.07) is 7.10. The van der Waals surface area contributed by atoms with Crippen molar-refractivity contribution in [2.75, 3.05) is 11.1 Å². The van der Waals surface area contributed by atoms with Gasteiger partial charge in [0.2, 0.25) is 5.91 Å². The molecule has 0 saturated carbocycles. The van der Waals surface area contributed by atoms with Crippen molar-refractivity contribution >= 4 is 62.2 Å². The number of carbonyl (C=O) groups is 1. The lowest BCUT2D eigenvalue weighted by molar-refractivity contribution is -0.113. The molecule has 1 aliphatic carbocycles. The Kier molecular flexibility index (Phi) is 4.70. The van der Waals surface area contributed by atoms with Crippen molar-refractivity contribution in [1.82, 2.24) is 19.6 Å². The molecule has 6 nitrogen and oxygen atoms in total. The number of benzene rings is 1. The van der Waals surface area contributed by atoms with Gasteiger partial charge in [-0.3, -0.25) is 9.20 Å². The monoisotopic (exact) mass is 429 g/mol. The van der Waals surface area contributed by atoms with Crippen LogP contribution < -0.4 is 5.32 Å². The van der Waals surface area contributed by atoms with E-state index in [1.54, 1.807) is 41.9 Å². The minimum absolute atomic E-state index is 0.119. The van der Waals surface area contributed by atoms with E-state index < -0.39 is 0 Å². The van der Waals surface area contributed by atoms with E-state index in [1.165, 1.54) is 35.0 Å². The molecule has 0 fully saturated rings. The van der Waals surface area contributed by atoms with Crippen molar-refractivity contribution in [3.8, 4) is 0 Å². The van der Waals surface area contributed by atoms with Crippen LogP contribution in [0.15, 0.2) is 35.7 Å². The van der Waals surface area contributed by atoms with Gasteiger partial charge in [0.25, 0.3) is 0 Å². The molecule has 9 heteroatoms. The molecule has 0 atom stereocenters. The lowest BCUT2D eigenvalue weighted by Gasteiger charge is -2.10. The number of rotatable bonds is 4. The number of thiophene rings is 1. The summed E-state index contributed by atoms with van der Waals surface area (Å²) in [6.07, 6.45) is 6.41. The van der Waals surface area contributed by atoms with Crippen LogP contribution in [0, 0.1) is 0 Å². The Morgan fingerprint density at radius 3 is 3.07 bits per heavy atom. The van der Waals surface area contributed by atoms with Crippen LogP contribution in [0.4, 0.5) is 5.69 Å². The largest absolute Gasteiger partial charge is 0.325 e. The van der Waals surface area contributed by atoms with E-state index in [-0.39, 0.29) is 11.7 Å². The number of aryl methyl sites for hydroxylation is 2. The van der Waals surface area contributed by atoms with E-state index >= 15 is 0 Å². The number of fused-ring (bicyclic) bond motifs is 5. The average Bonchev–Trinajstić information content (AvgIpc) is 3.27. The molecule has 1 N–H and O–H groups in total. The lowest BCUT2D eigenvalue weighted by atomic mass is 9.97. The summed E-state index contributed by atoms with van der Waals surface area (Å²) in [5.74, 6) is 0.110. The van der Waals surface area contributed by atoms with E-state index in [1.807, 2.05) is 4.40 Å². The van der Waals surface area contributed by atoms with E-state index in [0.29, 0.717) is 15.9 Å². The molecule has 0 saturated heterocycles. The topological polar surface area (TPSA) is 72.2 Å². The quantitative estimate of drug-likeness (QED) is 0.480. The second-order valence-electron chi connectivity index (χ2n) is 6.66. The second kappa shape index (κ2) is 7.35. The van der Waals surface area contributed by atoms with Gasteiger partial charge >= 0.3 is 0 Å². The van der Waals surface area contributed by atoms with E-state index in [4.69, 9.17) is 11.6 Å². The van der Waals surface area contributed by atoms with Crippen LogP contribution in [-0.2, 0) is 17.6 Å². The van der Waals surface area contributed by atoms with Gasteiger partial charge in [-0.15, -0.1) is 21.5 Å². The predicted octanol–water partition coefficient (Wildman–Crippen LogP) is 4.60. The van der Waals surface area contributed by atoms with Gasteiger partial charge in [0, 0.05) is 15.6 Å². The molecule has 5 rings (SSSR count). The number of hydrogen-bond acceptors (Lipinski definition) is 6. The minimum Gasteiger partial charge on any atom is -0.325 e. The van der Waals surface area contributed by atoms with Crippen molar-refractivity contribution in [2.45, 2.75) is 30.8 Å². The number of thioether (sulfide) groups is 1. The zero-order chi connectivity index (χ0) is 19.1. The molecule has 0 bridgehead atoms. The zero-order valence-corrected chi connectivity index (χ0v) is 17.2. The van der Waals surface area contributed by atoms with Gasteiger partial charge in [0.05, 0.1) is 11.1 Å². The SMILES string of the molecule is O=C(CSc1nnc2c3c4c(sc3ncn12)CCCC4)Nc1cccc(Cl)c1. The van der Waals surface area contributed by atoms with Gasteiger partial charge in [0.15, 0.2) is 10.8 Å². The Morgan fingerprint density at radius 1 is 1.29 bits per heavy atom. The number of halogens is 1. The first-order valence-corrected chi connectivity index (χ1v) is 11.2. The van der Waals surface area contributed by atoms with Crippen LogP contribution in [0.5, 0.6) is 0 Å². The molecular formula is C19H16ClN5OS2. The Balaban J connectivity index is 1.38. The van der Waals surface area contributed by atoms with Crippen LogP contribution >= 0.6 is 34.7 Å². The lowest BCUT2D eigenvalue weighted by Crippen LogP contribution is -2.14. The maximum Gasteiger partial charge on any atom is 0.234 e. The van der Waals surface area contributed by atoms with Crippen LogP contribution in [0.1, 0.15) is 23.3 Å². The number of aromatic nitrogens is 4. The van der Waals surface area contributed by atoms with E-state index in [9.17, 15) is 4.79 Å². The van der Waals surface area contributed by atoms with E-state index in [2.05, 4.69) is 20.5 Å². The predicted molar refractivity (Wildman–Crippen MR) is 114 cm³/mol. The third-order valence-corrected chi connectivity index (χ3v) is 7.15. The molecule has 3 heterocycles. The fraction of sp³-hybridized carbons (Fsp3) is 0.263. The van der Waals surface area contributed by atoms with Gasteiger partial charge in [-0.1, -0.05) is 29.4 Å². The Morgan fingerprint density at radius 2 is 2.18 bits per heavy atom. The summed E-state index contributed by atoms with van der Waals surface area (Å²) in [6.45, 7) is 0. The number of carbonyl (C=O) groups excluding carboxylic acids is 1. The van der Waals surface area contributed by atoms with Crippen LogP contribution in [0.2, 0.25) is 5.02 Å². The highest BCUT2D eigenvalue weighted by molar-refractivity contribution is 7.99. The molecule has 3 aromatic heterocycles. The van der Waals surface area contributed by atoms with Crippen molar-refractivity contribution < 1.29 is 4.79 Å². The highest BCUT2D eigenvalue weighted by atomic mass is 35.5. The van der Waals surface area contributed by atoms with Gasteiger partial charge in [0.1, 0.15) is 11.2 Å². The summed E-state index contributed by atoms with van der Waals surface area (Å²) in [5.41, 5.74) is 2.90. The molecule has 0 aliphatic heterocycles. The molecule has 4 aromatic rings. The first-order valence-electron chi connectivity index (χ1n) is 9.01. The van der Waals surface area contributed by atoms with Gasteiger partial charge in [-0.05, 0) is 49.4 Å². The first-order chi connectivity index (χ1) is 13.7. The molecular weight excluding hydrogens is 414 g/mol. The van der Waals surface area contributed by atoms with Crippen molar-refractivity contribution in [3.63, 3.8) is 0 Å². The third-order valence-electron chi connectivity index (χ3n) is 4.77. The van der Waals surface area contributed by atoms with Crippen molar-refractivity contribution in [3.05, 3.63) is 46.1 Å². The highest BCUT2D eigenvalue weighted by Gasteiger charge is 2.21. The fourth-order valence-electron chi connectivity index (χ4n) is 3.53. The van der Waals surface area contributed by atoms with Crippen LogP contribution in [0.3, 0.4) is 0 Å². The molecule has 142 valence electrons. The molecule has 1 aliphatic rings. The van der Waals surface area contributed by atoms with E-state index in [0.717, 1.165) is 28.7 Å². The summed E-state index contributed by atoms with van der Waals surface area (Å²) < 4.78 is 1.89. The Hall–Kier alpha value is -2.16. The summed E-state index contributed by atoms with van der Waals surface area (Å²) in [7, 11) is 0. The number of nitrogens with zero attached hydrogens (tertiary/aromatic N) is 4. The third kappa shape index (κ3) is 3.25. The molecule has 0 unspecified atom stereocenters. The van der Waals surface area contributed by atoms with Crippen LogP contribution in [-0.4, -0.2) is 31.2 Å². The Bertz CT molecular complexity index is 1200. The molecule has 1 amide bonds. The number of nitrogens with one attached hydrogen (secondary N) is 1. The normalized spacial score (nSPS) is 13.8. The fourth-order valence-corrected chi connectivity index (χ4v) is 5.64. The summed E-state index contributed by atoms with van der Waals surface area (Å²) >= 11 is 9.07. The molecule has 0 radical (unpaired) electrons. The standard InChI is InChI=1S/C19H16ClN5OS2/c20-11-4-3-5-12(8-11)22-15(26)9-27-19-24-23-17-16-13-6-1-2-7-14(13)28-18(16)21-10-25(17)19/h3-5,8,10H,1-2,6-7,9H2,(H,22,26). The van der Waals surface area contributed by atoms with Gasteiger partial charge < -0.3 is 5.32 Å². The summed E-state index contributed by atoms with van der Waals surface area (Å²) in [4.78, 5) is 19.4. The first kappa shape index (κ1) is 17.9. The zero-order valence-electron chi connectivity index (χ0n) is 14.8. The highest BCUT2D eigenvalue weighted by Crippen LogP contribution is 2.37. The van der Waals surface area contributed by atoms with Crippen LogP contribution in [0.25, 0.3) is 15.9 Å². The maximum absolute atomic E-state index is 12.3. The second-order valence-corrected chi connectivity index (χ2v) is 9.12. The van der Waals surface area contributed by atoms with Crippen molar-refractivity contribution in [2.24, 2.45) is 0 Å². The van der Waals surface area contributed by atoms with Gasteiger partial charge in [-0.25, -0.2) is 4.98 Å². The molecule has 0 spiro atoms. The number of hydrogen-bond donors (Lipinski definition) is 1. The number of anilines is 1. The number of amides is 1. The smallest absolute Gasteiger partial charge is 0.234 e. The molecule has 1 aromatic carbocycles. The minimum atomic E-state index is -0.119. The average molecular weight is 430 g/mol. The maximum atomic E-state index is 12.3.